The largest absolute Gasteiger partial charge is 0.348 e. The van der Waals surface area contributed by atoms with Crippen LogP contribution in [0.4, 0.5) is 13.2 Å². The quantitative estimate of drug-likeness (QED) is 0.753. The number of benzene rings is 2. The van der Waals surface area contributed by atoms with Gasteiger partial charge in [0.05, 0.1) is 13.2 Å². The van der Waals surface area contributed by atoms with E-state index in [0.717, 1.165) is 24.1 Å². The van der Waals surface area contributed by atoms with Gasteiger partial charge in [0.2, 0.25) is 0 Å². The maximum atomic E-state index is 13.3. The Morgan fingerprint density at radius 2 is 1.48 bits per heavy atom. The third-order valence-electron chi connectivity index (χ3n) is 4.04. The predicted octanol–water partition coefficient (Wildman–Crippen LogP) is 4.84. The molecule has 0 aromatic heterocycles. The van der Waals surface area contributed by atoms with Crippen LogP contribution in [0.1, 0.15) is 25.2 Å². The summed E-state index contributed by atoms with van der Waals surface area (Å²) in [6.07, 6.45) is 0.585. The lowest BCUT2D eigenvalue weighted by Gasteiger charge is -2.29. The molecule has 122 valence electrons. The number of halogens is 3. The van der Waals surface area contributed by atoms with E-state index >= 15 is 0 Å². The van der Waals surface area contributed by atoms with E-state index in [4.69, 9.17) is 9.47 Å². The smallest absolute Gasteiger partial charge is 0.194 e. The Morgan fingerprint density at radius 1 is 0.913 bits per heavy atom. The van der Waals surface area contributed by atoms with Crippen LogP contribution in [-0.2, 0) is 9.47 Å². The van der Waals surface area contributed by atoms with E-state index in [1.807, 2.05) is 0 Å². The van der Waals surface area contributed by atoms with Gasteiger partial charge >= 0.3 is 0 Å². The summed E-state index contributed by atoms with van der Waals surface area (Å²) in [5.74, 6) is -3.45. The van der Waals surface area contributed by atoms with Crippen LogP contribution in [0.2, 0.25) is 0 Å². The molecule has 1 saturated heterocycles. The third kappa shape index (κ3) is 3.41. The van der Waals surface area contributed by atoms with Crippen molar-refractivity contribution in [3.63, 3.8) is 0 Å². The van der Waals surface area contributed by atoms with Crippen LogP contribution < -0.4 is 0 Å². The minimum Gasteiger partial charge on any atom is -0.348 e. The standard InChI is InChI=1S/C18H17F3O2/c1-2-11-9-22-18(23-10-11)13-5-3-12(4-6-13)14-7-15(19)17(21)16(20)8-14/h3-8,11,18H,2,9-10H2,1H3. The fourth-order valence-corrected chi connectivity index (χ4v) is 2.53. The van der Waals surface area contributed by atoms with Crippen molar-refractivity contribution >= 4 is 0 Å². The molecule has 0 amide bonds. The van der Waals surface area contributed by atoms with Crippen molar-refractivity contribution in [2.75, 3.05) is 13.2 Å². The van der Waals surface area contributed by atoms with Gasteiger partial charge in [0.15, 0.2) is 23.7 Å². The fourth-order valence-electron chi connectivity index (χ4n) is 2.53. The van der Waals surface area contributed by atoms with Gasteiger partial charge in [0.1, 0.15) is 0 Å². The summed E-state index contributed by atoms with van der Waals surface area (Å²) in [5.41, 5.74) is 1.71. The molecule has 0 saturated carbocycles. The molecule has 1 aliphatic rings. The van der Waals surface area contributed by atoms with Crippen molar-refractivity contribution in [2.24, 2.45) is 5.92 Å². The molecule has 0 unspecified atom stereocenters. The predicted molar refractivity (Wildman–Crippen MR) is 80.2 cm³/mol. The molecule has 0 N–H and O–H groups in total. The first-order chi connectivity index (χ1) is 11.1. The zero-order valence-corrected chi connectivity index (χ0v) is 12.7. The van der Waals surface area contributed by atoms with E-state index < -0.39 is 23.7 Å². The molecule has 1 heterocycles. The normalized spacial score (nSPS) is 21.4. The van der Waals surface area contributed by atoms with Gasteiger partial charge in [-0.25, -0.2) is 13.2 Å². The number of ether oxygens (including phenoxy) is 2. The van der Waals surface area contributed by atoms with Crippen LogP contribution in [0, 0.1) is 23.4 Å². The van der Waals surface area contributed by atoms with Gasteiger partial charge in [0.25, 0.3) is 0 Å². The van der Waals surface area contributed by atoms with Crippen LogP contribution >= 0.6 is 0 Å². The van der Waals surface area contributed by atoms with Gasteiger partial charge in [-0.3, -0.25) is 0 Å². The van der Waals surface area contributed by atoms with E-state index in [2.05, 4.69) is 6.92 Å². The van der Waals surface area contributed by atoms with Crippen molar-refractivity contribution in [3.8, 4) is 11.1 Å². The molecule has 0 atom stereocenters. The molecule has 5 heteroatoms. The van der Waals surface area contributed by atoms with E-state index in [0.29, 0.717) is 24.7 Å². The van der Waals surface area contributed by atoms with E-state index in [9.17, 15) is 13.2 Å². The first-order valence-corrected chi connectivity index (χ1v) is 7.56. The summed E-state index contributed by atoms with van der Waals surface area (Å²) in [6.45, 7) is 3.39. The summed E-state index contributed by atoms with van der Waals surface area (Å²) >= 11 is 0. The Labute approximate surface area is 132 Å². The Kier molecular flexibility index (Phi) is 4.68. The van der Waals surface area contributed by atoms with Crippen molar-refractivity contribution in [1.82, 2.24) is 0 Å². The average Bonchev–Trinajstić information content (AvgIpc) is 2.59. The highest BCUT2D eigenvalue weighted by atomic mass is 19.2. The molecule has 23 heavy (non-hydrogen) atoms. The molecule has 0 spiro atoms. The van der Waals surface area contributed by atoms with E-state index in [-0.39, 0.29) is 5.56 Å². The van der Waals surface area contributed by atoms with E-state index in [1.165, 1.54) is 0 Å². The van der Waals surface area contributed by atoms with Gasteiger partial charge in [-0.15, -0.1) is 0 Å². The molecule has 2 aromatic rings. The zero-order chi connectivity index (χ0) is 16.4. The van der Waals surface area contributed by atoms with Crippen molar-refractivity contribution in [1.29, 1.82) is 0 Å². The molecule has 1 aliphatic heterocycles. The lowest BCUT2D eigenvalue weighted by Crippen LogP contribution is -2.26. The maximum Gasteiger partial charge on any atom is 0.194 e. The monoisotopic (exact) mass is 322 g/mol. The molecule has 0 bridgehead atoms. The lowest BCUT2D eigenvalue weighted by molar-refractivity contribution is -0.205. The molecule has 2 nitrogen and oxygen atoms in total. The van der Waals surface area contributed by atoms with Crippen LogP contribution in [0.3, 0.4) is 0 Å². The zero-order valence-electron chi connectivity index (χ0n) is 12.7. The van der Waals surface area contributed by atoms with Gasteiger partial charge < -0.3 is 9.47 Å². The van der Waals surface area contributed by atoms with Crippen molar-refractivity contribution in [3.05, 3.63) is 59.4 Å². The fraction of sp³-hybridized carbons (Fsp3) is 0.333. The number of hydrogen-bond acceptors (Lipinski definition) is 2. The topological polar surface area (TPSA) is 18.5 Å². The molecular formula is C18H17F3O2. The molecule has 3 rings (SSSR count). The summed E-state index contributed by atoms with van der Waals surface area (Å²) in [6, 6.07) is 8.94. The minimum absolute atomic E-state index is 0.282. The molecule has 0 aliphatic carbocycles. The average molecular weight is 322 g/mol. The van der Waals surface area contributed by atoms with Crippen LogP contribution in [0.15, 0.2) is 36.4 Å². The van der Waals surface area contributed by atoms with E-state index in [1.54, 1.807) is 24.3 Å². The Morgan fingerprint density at radius 3 is 2.00 bits per heavy atom. The highest BCUT2D eigenvalue weighted by Crippen LogP contribution is 2.29. The third-order valence-corrected chi connectivity index (χ3v) is 4.04. The Hall–Kier alpha value is -1.85. The number of rotatable bonds is 3. The molecule has 1 fully saturated rings. The maximum absolute atomic E-state index is 13.3. The van der Waals surface area contributed by atoms with Gasteiger partial charge in [-0.2, -0.15) is 0 Å². The van der Waals surface area contributed by atoms with Crippen LogP contribution in [0.5, 0.6) is 0 Å². The second kappa shape index (κ2) is 6.72. The Balaban J connectivity index is 1.77. The lowest BCUT2D eigenvalue weighted by atomic mass is 10.0. The number of hydrogen-bond donors (Lipinski definition) is 0. The first-order valence-electron chi connectivity index (χ1n) is 7.56. The summed E-state index contributed by atoms with van der Waals surface area (Å²) in [4.78, 5) is 0. The summed E-state index contributed by atoms with van der Waals surface area (Å²) in [7, 11) is 0. The molecular weight excluding hydrogens is 305 g/mol. The molecule has 2 aromatic carbocycles. The van der Waals surface area contributed by atoms with Crippen LogP contribution in [0.25, 0.3) is 11.1 Å². The van der Waals surface area contributed by atoms with Crippen molar-refractivity contribution in [2.45, 2.75) is 19.6 Å². The summed E-state index contributed by atoms with van der Waals surface area (Å²) < 4.78 is 51.0. The summed E-state index contributed by atoms with van der Waals surface area (Å²) in [5, 5.41) is 0. The van der Waals surface area contributed by atoms with Crippen molar-refractivity contribution < 1.29 is 22.6 Å². The SMILES string of the molecule is CCC1COC(c2ccc(-c3cc(F)c(F)c(F)c3)cc2)OC1. The van der Waals surface area contributed by atoms with Gasteiger partial charge in [-0.1, -0.05) is 31.2 Å². The van der Waals surface area contributed by atoms with Crippen LogP contribution in [-0.4, -0.2) is 13.2 Å². The molecule has 0 radical (unpaired) electrons. The highest BCUT2D eigenvalue weighted by molar-refractivity contribution is 5.64. The Bertz CT molecular complexity index is 654. The van der Waals surface area contributed by atoms with Gasteiger partial charge in [-0.05, 0) is 29.7 Å². The first kappa shape index (κ1) is 16.0. The van der Waals surface area contributed by atoms with Gasteiger partial charge in [0, 0.05) is 11.5 Å². The minimum atomic E-state index is -1.46. The second-order valence-electron chi connectivity index (χ2n) is 5.65. The second-order valence-corrected chi connectivity index (χ2v) is 5.65. The highest BCUT2D eigenvalue weighted by Gasteiger charge is 2.22.